The van der Waals surface area contributed by atoms with Crippen molar-refractivity contribution in [3.05, 3.63) is 12.7 Å². The van der Waals surface area contributed by atoms with Gasteiger partial charge in [-0.05, 0) is 54.5 Å². The largest absolute Gasteiger partial charge is 0.459 e. The molecule has 1 atom stereocenters. The second-order valence-electron chi connectivity index (χ2n) is 7.31. The molecule has 0 bridgehead atoms. The normalized spacial score (nSPS) is 15.0. The Labute approximate surface area is 149 Å². The summed E-state index contributed by atoms with van der Waals surface area (Å²) in [6, 6.07) is 0. The van der Waals surface area contributed by atoms with E-state index in [2.05, 4.69) is 11.9 Å². The number of Topliss-reactive ketones (excluding diaryl/α,β-unsaturated/α-hetero) is 1. The summed E-state index contributed by atoms with van der Waals surface area (Å²) in [5, 5.41) is 2.21. The van der Waals surface area contributed by atoms with E-state index in [4.69, 9.17) is 8.92 Å². The number of esters is 1. The van der Waals surface area contributed by atoms with Crippen LogP contribution in [0.15, 0.2) is 12.7 Å². The van der Waals surface area contributed by atoms with E-state index in [1.807, 2.05) is 0 Å². The SMILES string of the molecule is C=CC(=O)NC(C)(C)S(=O)(=O)OCC(C)(C(C)=O)C(=O)OC(C)(C)C. The Morgan fingerprint density at radius 3 is 1.92 bits per heavy atom. The molecule has 144 valence electrons. The third kappa shape index (κ3) is 6.24. The molecular weight excluding hydrogens is 350 g/mol. The number of ketones is 1. The molecule has 0 aliphatic carbocycles. The Hall–Kier alpha value is -1.74. The maximum absolute atomic E-state index is 12.3. The highest BCUT2D eigenvalue weighted by Crippen LogP contribution is 2.26. The van der Waals surface area contributed by atoms with Gasteiger partial charge in [0, 0.05) is 0 Å². The third-order valence-electron chi connectivity index (χ3n) is 3.36. The quantitative estimate of drug-likeness (QED) is 0.293. The summed E-state index contributed by atoms with van der Waals surface area (Å²) in [5.74, 6) is -2.21. The predicted molar refractivity (Wildman–Crippen MR) is 91.9 cm³/mol. The molecule has 25 heavy (non-hydrogen) atoms. The first-order chi connectivity index (χ1) is 11.0. The molecule has 0 radical (unpaired) electrons. The topological polar surface area (TPSA) is 116 Å². The van der Waals surface area contributed by atoms with Crippen molar-refractivity contribution >= 4 is 27.8 Å². The van der Waals surface area contributed by atoms with Crippen molar-refractivity contribution in [2.45, 2.75) is 58.9 Å². The molecule has 0 saturated carbocycles. The van der Waals surface area contributed by atoms with Crippen molar-refractivity contribution in [3.63, 3.8) is 0 Å². The first-order valence-electron chi connectivity index (χ1n) is 7.56. The summed E-state index contributed by atoms with van der Waals surface area (Å²) in [4.78, 5) is 33.8. The number of hydrogen-bond donors (Lipinski definition) is 1. The van der Waals surface area contributed by atoms with Crippen LogP contribution in [0.4, 0.5) is 0 Å². The highest BCUT2D eigenvalue weighted by atomic mass is 32.2. The van der Waals surface area contributed by atoms with Crippen molar-refractivity contribution in [1.29, 1.82) is 0 Å². The average Bonchev–Trinajstić information content (AvgIpc) is 2.41. The fourth-order valence-corrected chi connectivity index (χ4v) is 2.36. The Morgan fingerprint density at radius 2 is 1.56 bits per heavy atom. The van der Waals surface area contributed by atoms with E-state index < -0.39 is 50.3 Å². The maximum Gasteiger partial charge on any atom is 0.322 e. The second-order valence-corrected chi connectivity index (χ2v) is 9.47. The Morgan fingerprint density at radius 1 is 1.08 bits per heavy atom. The van der Waals surface area contributed by atoms with Crippen LogP contribution in [0.1, 0.15) is 48.5 Å². The fourth-order valence-electron chi connectivity index (χ4n) is 1.45. The lowest BCUT2D eigenvalue weighted by Crippen LogP contribution is -2.51. The Balaban J connectivity index is 5.44. The molecule has 0 fully saturated rings. The Bertz CT molecular complexity index is 658. The van der Waals surface area contributed by atoms with Crippen LogP contribution in [0.5, 0.6) is 0 Å². The van der Waals surface area contributed by atoms with Crippen molar-refractivity contribution in [1.82, 2.24) is 5.32 Å². The zero-order chi connectivity index (χ0) is 20.3. The molecule has 0 aromatic carbocycles. The average molecular weight is 377 g/mol. The number of nitrogens with one attached hydrogen (secondary N) is 1. The molecule has 0 aromatic rings. The summed E-state index contributed by atoms with van der Waals surface area (Å²) in [5.41, 5.74) is -2.66. The van der Waals surface area contributed by atoms with Crippen LogP contribution >= 0.6 is 0 Å². The standard InChI is InChI=1S/C16H27NO7S/c1-9-12(19)17-15(6,7)25(21,22)23-10-16(8,11(2)18)13(20)24-14(3,4)5/h9H,1,10H2,2-8H3,(H,17,19). The van der Waals surface area contributed by atoms with Gasteiger partial charge in [0.1, 0.15) is 16.8 Å². The highest BCUT2D eigenvalue weighted by Gasteiger charge is 2.45. The predicted octanol–water partition coefficient (Wildman–Crippen LogP) is 1.31. The van der Waals surface area contributed by atoms with E-state index >= 15 is 0 Å². The fraction of sp³-hybridized carbons (Fsp3) is 0.688. The van der Waals surface area contributed by atoms with E-state index in [0.717, 1.165) is 13.0 Å². The van der Waals surface area contributed by atoms with Gasteiger partial charge in [-0.2, -0.15) is 8.42 Å². The molecular formula is C16H27NO7S. The molecule has 9 heteroatoms. The highest BCUT2D eigenvalue weighted by molar-refractivity contribution is 7.88. The molecule has 1 unspecified atom stereocenters. The minimum absolute atomic E-state index is 0.607. The van der Waals surface area contributed by atoms with Gasteiger partial charge < -0.3 is 10.1 Å². The number of amides is 1. The molecule has 1 N–H and O–H groups in total. The zero-order valence-corrected chi connectivity index (χ0v) is 16.6. The van der Waals surface area contributed by atoms with Crippen molar-refractivity contribution in [2.24, 2.45) is 5.41 Å². The van der Waals surface area contributed by atoms with Crippen LogP contribution < -0.4 is 5.32 Å². The third-order valence-corrected chi connectivity index (χ3v) is 5.14. The summed E-state index contributed by atoms with van der Waals surface area (Å²) in [7, 11) is -4.35. The van der Waals surface area contributed by atoms with Crippen molar-refractivity contribution in [3.8, 4) is 0 Å². The minimum atomic E-state index is -4.35. The summed E-state index contributed by atoms with van der Waals surface area (Å²) in [6.45, 7) is 12.2. The van der Waals surface area contributed by atoms with Crippen molar-refractivity contribution in [2.75, 3.05) is 6.61 Å². The number of carbonyl (C=O) groups excluding carboxylic acids is 3. The minimum Gasteiger partial charge on any atom is -0.459 e. The van der Waals surface area contributed by atoms with Gasteiger partial charge in [0.05, 0.1) is 6.61 Å². The summed E-state index contributed by atoms with van der Waals surface area (Å²) in [6.07, 6.45) is 0.914. The smallest absolute Gasteiger partial charge is 0.322 e. The van der Waals surface area contributed by atoms with Crippen LogP contribution in [-0.2, 0) is 33.4 Å². The van der Waals surface area contributed by atoms with Gasteiger partial charge in [0.25, 0.3) is 10.1 Å². The first-order valence-corrected chi connectivity index (χ1v) is 8.97. The molecule has 0 aromatic heterocycles. The van der Waals surface area contributed by atoms with Crippen LogP contribution in [-0.4, -0.2) is 43.2 Å². The Kier molecular flexibility index (Phi) is 7.12. The number of ether oxygens (including phenoxy) is 1. The van der Waals surface area contributed by atoms with Gasteiger partial charge in [0.2, 0.25) is 5.91 Å². The molecule has 0 rings (SSSR count). The molecule has 0 heterocycles. The van der Waals surface area contributed by atoms with E-state index in [0.29, 0.717) is 0 Å². The van der Waals surface area contributed by atoms with Crippen molar-refractivity contribution < 1.29 is 31.7 Å². The molecule has 8 nitrogen and oxygen atoms in total. The monoisotopic (exact) mass is 377 g/mol. The van der Waals surface area contributed by atoms with Gasteiger partial charge >= 0.3 is 5.97 Å². The van der Waals surface area contributed by atoms with Crippen LogP contribution in [0.2, 0.25) is 0 Å². The maximum atomic E-state index is 12.3. The van der Waals surface area contributed by atoms with Crippen LogP contribution in [0, 0.1) is 5.41 Å². The van der Waals surface area contributed by atoms with E-state index in [1.165, 1.54) is 20.8 Å². The summed E-state index contributed by atoms with van der Waals surface area (Å²) < 4.78 is 34.8. The molecule has 0 aliphatic heterocycles. The number of hydrogen-bond acceptors (Lipinski definition) is 7. The van der Waals surface area contributed by atoms with Gasteiger partial charge in [0.15, 0.2) is 4.87 Å². The van der Waals surface area contributed by atoms with Gasteiger partial charge in [-0.1, -0.05) is 6.58 Å². The van der Waals surface area contributed by atoms with E-state index in [1.54, 1.807) is 20.8 Å². The summed E-state index contributed by atoms with van der Waals surface area (Å²) >= 11 is 0. The van der Waals surface area contributed by atoms with E-state index in [9.17, 15) is 22.8 Å². The lowest BCUT2D eigenvalue weighted by Gasteiger charge is -2.31. The lowest BCUT2D eigenvalue weighted by atomic mass is 9.87. The first kappa shape index (κ1) is 23.3. The zero-order valence-electron chi connectivity index (χ0n) is 15.8. The van der Waals surface area contributed by atoms with E-state index in [-0.39, 0.29) is 0 Å². The lowest BCUT2D eigenvalue weighted by molar-refractivity contribution is -0.170. The van der Waals surface area contributed by atoms with Crippen LogP contribution in [0.25, 0.3) is 0 Å². The molecule has 0 saturated heterocycles. The van der Waals surface area contributed by atoms with Gasteiger partial charge in [-0.3, -0.25) is 18.6 Å². The number of carbonyl (C=O) groups is 3. The number of rotatable bonds is 8. The molecule has 0 spiro atoms. The van der Waals surface area contributed by atoms with Gasteiger partial charge in [-0.25, -0.2) is 0 Å². The van der Waals surface area contributed by atoms with Gasteiger partial charge in [-0.15, -0.1) is 0 Å². The molecule has 1 amide bonds. The van der Waals surface area contributed by atoms with Crippen LogP contribution in [0.3, 0.4) is 0 Å². The molecule has 0 aliphatic rings. The second kappa shape index (κ2) is 7.65.